The predicted octanol–water partition coefficient (Wildman–Crippen LogP) is 4.18. The smallest absolute Gasteiger partial charge is 0.273 e. The summed E-state index contributed by atoms with van der Waals surface area (Å²) in [5, 5.41) is 7.69. The van der Waals surface area contributed by atoms with Crippen molar-refractivity contribution in [3.8, 4) is 11.3 Å². The summed E-state index contributed by atoms with van der Waals surface area (Å²) in [4.78, 5) is 28.9. The van der Waals surface area contributed by atoms with Crippen molar-refractivity contribution < 1.29 is 14.0 Å². The van der Waals surface area contributed by atoms with E-state index in [2.05, 4.69) is 10.4 Å². The minimum absolute atomic E-state index is 0.188. The molecule has 3 heterocycles. The molecule has 34 heavy (non-hydrogen) atoms. The number of aromatic nitrogens is 2. The average Bonchev–Trinajstić information content (AvgIpc) is 3.47. The van der Waals surface area contributed by atoms with Gasteiger partial charge in [0.1, 0.15) is 22.8 Å². The largest absolute Gasteiger partial charge is 0.464 e. The fraction of sp³-hybridized carbons (Fsp3) is 0.222. The lowest BCUT2D eigenvalue weighted by Crippen LogP contribution is -2.63. The van der Waals surface area contributed by atoms with Gasteiger partial charge in [0, 0.05) is 12.1 Å². The van der Waals surface area contributed by atoms with Crippen LogP contribution >= 0.6 is 0 Å². The lowest BCUT2D eigenvalue weighted by atomic mass is 9.94. The van der Waals surface area contributed by atoms with Gasteiger partial charge in [-0.25, -0.2) is 0 Å². The Morgan fingerprint density at radius 2 is 1.76 bits per heavy atom. The molecule has 0 fully saturated rings. The van der Waals surface area contributed by atoms with E-state index in [0.29, 0.717) is 23.7 Å². The number of aryl methyl sites for hydroxylation is 1. The first-order valence-electron chi connectivity index (χ1n) is 11.3. The van der Waals surface area contributed by atoms with Crippen molar-refractivity contribution in [2.45, 2.75) is 39.0 Å². The second-order valence-corrected chi connectivity index (χ2v) is 8.78. The molecule has 2 aromatic carbocycles. The third-order valence-electron chi connectivity index (χ3n) is 6.26. The number of amides is 2. The minimum atomic E-state index is -1.15. The highest BCUT2D eigenvalue weighted by atomic mass is 16.3. The maximum atomic E-state index is 13.7. The normalized spacial score (nSPS) is 17.5. The Balaban J connectivity index is 1.49. The van der Waals surface area contributed by atoms with Gasteiger partial charge >= 0.3 is 0 Å². The van der Waals surface area contributed by atoms with Gasteiger partial charge in [0.05, 0.1) is 18.8 Å². The number of rotatable bonds is 6. The number of nitrogens with zero attached hydrogens (tertiary/aromatic N) is 3. The Morgan fingerprint density at radius 1 is 1.06 bits per heavy atom. The second kappa shape index (κ2) is 8.67. The number of carbonyl (C=O) groups is 2. The van der Waals surface area contributed by atoms with Gasteiger partial charge in [-0.1, -0.05) is 60.7 Å². The van der Waals surface area contributed by atoms with Crippen LogP contribution < -0.4 is 5.32 Å². The van der Waals surface area contributed by atoms with E-state index in [1.54, 1.807) is 22.6 Å². The van der Waals surface area contributed by atoms with Crippen LogP contribution in [0.1, 0.15) is 34.5 Å². The summed E-state index contributed by atoms with van der Waals surface area (Å²) in [6, 6.07) is 24.9. The highest BCUT2D eigenvalue weighted by Gasteiger charge is 2.48. The fourth-order valence-electron chi connectivity index (χ4n) is 4.33. The lowest BCUT2D eigenvalue weighted by Gasteiger charge is -2.42. The molecule has 7 nitrogen and oxygen atoms in total. The van der Waals surface area contributed by atoms with Gasteiger partial charge < -0.3 is 14.6 Å². The molecule has 0 bridgehead atoms. The molecule has 172 valence electrons. The maximum Gasteiger partial charge on any atom is 0.273 e. The quantitative estimate of drug-likeness (QED) is 0.474. The van der Waals surface area contributed by atoms with Gasteiger partial charge in [-0.15, -0.1) is 0 Å². The number of fused-ring (bicyclic) bond motifs is 1. The Bertz CT molecular complexity index is 1330. The van der Waals surface area contributed by atoms with Gasteiger partial charge in [0.25, 0.3) is 5.91 Å². The van der Waals surface area contributed by atoms with Crippen molar-refractivity contribution in [3.05, 3.63) is 102 Å². The van der Waals surface area contributed by atoms with Crippen molar-refractivity contribution in [1.29, 1.82) is 0 Å². The molecule has 0 aliphatic carbocycles. The van der Waals surface area contributed by atoms with Crippen molar-refractivity contribution in [3.63, 3.8) is 0 Å². The van der Waals surface area contributed by atoms with Gasteiger partial charge in [-0.3, -0.25) is 14.3 Å². The van der Waals surface area contributed by atoms with Crippen molar-refractivity contribution in [2.24, 2.45) is 0 Å². The highest BCUT2D eigenvalue weighted by Crippen LogP contribution is 2.31. The van der Waals surface area contributed by atoms with E-state index < -0.39 is 5.54 Å². The zero-order chi connectivity index (χ0) is 23.7. The molecule has 7 heteroatoms. The molecule has 5 rings (SSSR count). The molecule has 1 aliphatic heterocycles. The van der Waals surface area contributed by atoms with Gasteiger partial charge in [-0.2, -0.15) is 5.10 Å². The maximum absolute atomic E-state index is 13.7. The Kier molecular flexibility index (Phi) is 5.53. The van der Waals surface area contributed by atoms with Crippen LogP contribution in [-0.2, 0) is 24.4 Å². The van der Waals surface area contributed by atoms with Crippen LogP contribution in [0.3, 0.4) is 0 Å². The number of hydrogen-bond acceptors (Lipinski definition) is 4. The minimum Gasteiger partial charge on any atom is -0.464 e. The molecular formula is C27H26N4O3. The molecule has 2 aromatic heterocycles. The van der Waals surface area contributed by atoms with E-state index in [9.17, 15) is 9.59 Å². The Labute approximate surface area is 198 Å². The summed E-state index contributed by atoms with van der Waals surface area (Å²) in [6.45, 7) is 4.44. The molecule has 0 saturated heterocycles. The van der Waals surface area contributed by atoms with Crippen LogP contribution in [-0.4, -0.2) is 32.0 Å². The van der Waals surface area contributed by atoms with Gasteiger partial charge in [-0.05, 0) is 37.6 Å². The van der Waals surface area contributed by atoms with E-state index in [0.717, 1.165) is 16.9 Å². The van der Waals surface area contributed by atoms with Crippen molar-refractivity contribution in [1.82, 2.24) is 20.0 Å². The molecule has 1 N–H and O–H groups in total. The number of nitrogens with one attached hydrogen (secondary N) is 1. The van der Waals surface area contributed by atoms with Crippen LogP contribution in [0.2, 0.25) is 0 Å². The molecule has 1 aliphatic rings. The first kappa shape index (κ1) is 21.7. The molecule has 4 aromatic rings. The second-order valence-electron chi connectivity index (χ2n) is 8.78. The van der Waals surface area contributed by atoms with E-state index in [1.165, 1.54) is 0 Å². The zero-order valence-corrected chi connectivity index (χ0v) is 19.2. The number of hydrogen-bond donors (Lipinski definition) is 1. The number of furan rings is 1. The summed E-state index contributed by atoms with van der Waals surface area (Å²) >= 11 is 0. The first-order chi connectivity index (χ1) is 16.4. The van der Waals surface area contributed by atoms with Crippen LogP contribution in [0.5, 0.6) is 0 Å². The van der Waals surface area contributed by atoms with E-state index in [1.807, 2.05) is 79.7 Å². The molecule has 0 spiro atoms. The van der Waals surface area contributed by atoms with Crippen LogP contribution in [0.4, 0.5) is 0 Å². The topological polar surface area (TPSA) is 80.4 Å². The number of benzene rings is 2. The predicted molar refractivity (Wildman–Crippen MR) is 128 cm³/mol. The summed E-state index contributed by atoms with van der Waals surface area (Å²) in [5.74, 6) is 0.887. The molecule has 0 unspecified atom stereocenters. The standard InChI is InChI=1S/C27H26N4O3/c1-19-13-14-22(34-19)17-30-25(32)24-15-23(21-11-7-4-8-12-21)29-31(24)18-27(30,2)26(33)28-16-20-9-5-3-6-10-20/h3-15H,16-18H2,1-2H3,(H,28,33)/t27-/m0/s1. The first-order valence-corrected chi connectivity index (χ1v) is 11.3. The van der Waals surface area contributed by atoms with Crippen molar-refractivity contribution >= 4 is 11.8 Å². The van der Waals surface area contributed by atoms with Crippen LogP contribution in [0.25, 0.3) is 11.3 Å². The molecular weight excluding hydrogens is 428 g/mol. The van der Waals surface area contributed by atoms with E-state index in [4.69, 9.17) is 4.42 Å². The average molecular weight is 455 g/mol. The van der Waals surface area contributed by atoms with E-state index >= 15 is 0 Å². The Morgan fingerprint density at radius 3 is 2.44 bits per heavy atom. The lowest BCUT2D eigenvalue weighted by molar-refractivity contribution is -0.133. The summed E-state index contributed by atoms with van der Waals surface area (Å²) in [6.07, 6.45) is 0. The zero-order valence-electron chi connectivity index (χ0n) is 19.2. The van der Waals surface area contributed by atoms with E-state index in [-0.39, 0.29) is 24.9 Å². The third-order valence-corrected chi connectivity index (χ3v) is 6.26. The third kappa shape index (κ3) is 4.01. The molecule has 1 atom stereocenters. The molecule has 0 saturated carbocycles. The Hall–Kier alpha value is -4.13. The summed E-state index contributed by atoms with van der Waals surface area (Å²) < 4.78 is 7.40. The van der Waals surface area contributed by atoms with Gasteiger partial charge in [0.15, 0.2) is 0 Å². The van der Waals surface area contributed by atoms with Crippen LogP contribution in [0, 0.1) is 6.92 Å². The fourth-order valence-corrected chi connectivity index (χ4v) is 4.33. The molecule has 0 radical (unpaired) electrons. The van der Waals surface area contributed by atoms with Gasteiger partial charge in [0.2, 0.25) is 5.91 Å². The number of carbonyl (C=O) groups excluding carboxylic acids is 2. The highest BCUT2D eigenvalue weighted by molar-refractivity contribution is 6.00. The SMILES string of the molecule is Cc1ccc(CN2C(=O)c3cc(-c4ccccc4)nn3C[C@@]2(C)C(=O)NCc2ccccc2)o1. The summed E-state index contributed by atoms with van der Waals surface area (Å²) in [7, 11) is 0. The monoisotopic (exact) mass is 454 g/mol. The molecule has 2 amide bonds. The van der Waals surface area contributed by atoms with Crippen molar-refractivity contribution in [2.75, 3.05) is 0 Å². The van der Waals surface area contributed by atoms with Crippen LogP contribution in [0.15, 0.2) is 83.3 Å². The summed E-state index contributed by atoms with van der Waals surface area (Å²) in [5.41, 5.74) is 1.91.